The lowest BCUT2D eigenvalue weighted by molar-refractivity contribution is 0.0497. The summed E-state index contributed by atoms with van der Waals surface area (Å²) in [5.74, 6) is 0.248. The number of carbonyl (C=O) groups is 1. The van der Waals surface area contributed by atoms with Crippen molar-refractivity contribution in [2.24, 2.45) is 0 Å². The minimum Gasteiger partial charge on any atom is -0.494 e. The number of hydrogen-bond donors (Lipinski definition) is 1. The number of nitrogen functional groups attached to an aromatic ring is 1. The molecule has 1 rings (SSSR count). The number of nitrogens with two attached hydrogens (primary N) is 1. The van der Waals surface area contributed by atoms with Crippen molar-refractivity contribution >= 4 is 11.7 Å². The molecule has 2 N–H and O–H groups in total. The average Bonchev–Trinajstić information content (AvgIpc) is 2.34. The summed E-state index contributed by atoms with van der Waals surface area (Å²) in [6.45, 7) is 4.97. The molecule has 0 unspecified atom stereocenters. The zero-order valence-electron chi connectivity index (χ0n) is 11.1. The summed E-state index contributed by atoms with van der Waals surface area (Å²) in [6, 6.07) is 4.95. The molecule has 1 aromatic rings. The summed E-state index contributed by atoms with van der Waals surface area (Å²) in [4.78, 5) is 11.8. The van der Waals surface area contributed by atoms with Crippen molar-refractivity contribution in [3.63, 3.8) is 0 Å². The molecule has 1 aromatic carbocycles. The number of anilines is 1. The predicted octanol–water partition coefficient (Wildman–Crippen LogP) is 3.01. The highest BCUT2D eigenvalue weighted by molar-refractivity contribution is 5.91. The highest BCUT2D eigenvalue weighted by Crippen LogP contribution is 2.19. The molecule has 0 aliphatic rings. The Morgan fingerprint density at radius 2 is 2.00 bits per heavy atom. The van der Waals surface area contributed by atoms with E-state index in [9.17, 15) is 4.79 Å². The number of rotatable bonds is 7. The van der Waals surface area contributed by atoms with Crippen molar-refractivity contribution in [1.82, 2.24) is 0 Å². The summed E-state index contributed by atoms with van der Waals surface area (Å²) in [5.41, 5.74) is 6.66. The van der Waals surface area contributed by atoms with E-state index in [0.29, 0.717) is 30.2 Å². The third-order valence-corrected chi connectivity index (χ3v) is 2.46. The van der Waals surface area contributed by atoms with Gasteiger partial charge in [0, 0.05) is 11.8 Å². The first kappa shape index (κ1) is 14.4. The van der Waals surface area contributed by atoms with Crippen molar-refractivity contribution in [2.75, 3.05) is 18.9 Å². The van der Waals surface area contributed by atoms with Crippen LogP contribution in [-0.4, -0.2) is 19.2 Å². The molecule has 0 radical (unpaired) electrons. The zero-order chi connectivity index (χ0) is 13.4. The van der Waals surface area contributed by atoms with Crippen LogP contribution >= 0.6 is 0 Å². The third-order valence-electron chi connectivity index (χ3n) is 2.46. The maximum atomic E-state index is 11.8. The van der Waals surface area contributed by atoms with Gasteiger partial charge in [0.05, 0.1) is 18.8 Å². The van der Waals surface area contributed by atoms with E-state index >= 15 is 0 Å². The predicted molar refractivity (Wildman–Crippen MR) is 71.8 cm³/mol. The summed E-state index contributed by atoms with van der Waals surface area (Å²) < 4.78 is 10.5. The second-order valence-corrected chi connectivity index (χ2v) is 4.07. The molecule has 4 heteroatoms. The molecular weight excluding hydrogens is 230 g/mol. The van der Waals surface area contributed by atoms with Gasteiger partial charge in [-0.3, -0.25) is 0 Å². The highest BCUT2D eigenvalue weighted by Gasteiger charge is 2.09. The second kappa shape index (κ2) is 7.58. The molecule has 0 fully saturated rings. The normalized spacial score (nSPS) is 10.1. The molecule has 4 nitrogen and oxygen atoms in total. The second-order valence-electron chi connectivity index (χ2n) is 4.07. The van der Waals surface area contributed by atoms with Gasteiger partial charge >= 0.3 is 5.97 Å². The molecule has 0 aliphatic carbocycles. The van der Waals surface area contributed by atoms with E-state index in [1.807, 2.05) is 6.92 Å². The van der Waals surface area contributed by atoms with Gasteiger partial charge in [0.1, 0.15) is 5.75 Å². The molecule has 0 saturated carbocycles. The lowest BCUT2D eigenvalue weighted by Gasteiger charge is -2.08. The van der Waals surface area contributed by atoms with Crippen LogP contribution in [0.3, 0.4) is 0 Å². The van der Waals surface area contributed by atoms with Crippen molar-refractivity contribution < 1.29 is 14.3 Å². The zero-order valence-corrected chi connectivity index (χ0v) is 11.1. The Morgan fingerprint density at radius 1 is 1.22 bits per heavy atom. The van der Waals surface area contributed by atoms with Gasteiger partial charge in [-0.25, -0.2) is 4.79 Å². The van der Waals surface area contributed by atoms with Crippen molar-refractivity contribution in [3.8, 4) is 5.75 Å². The van der Waals surface area contributed by atoms with E-state index in [1.165, 1.54) is 0 Å². The van der Waals surface area contributed by atoms with Gasteiger partial charge < -0.3 is 15.2 Å². The fraction of sp³-hybridized carbons (Fsp3) is 0.500. The van der Waals surface area contributed by atoms with Crippen LogP contribution in [0.4, 0.5) is 5.69 Å². The SMILES string of the molecule is CCCCCOC(=O)c1cc(N)cc(OCC)c1. The Balaban J connectivity index is 2.61. The number of unbranched alkanes of at least 4 members (excludes halogenated alkanes) is 2. The lowest BCUT2D eigenvalue weighted by Crippen LogP contribution is -2.07. The van der Waals surface area contributed by atoms with Crippen LogP contribution in [0.2, 0.25) is 0 Å². The van der Waals surface area contributed by atoms with E-state index in [4.69, 9.17) is 15.2 Å². The first-order valence-electron chi connectivity index (χ1n) is 6.37. The maximum Gasteiger partial charge on any atom is 0.338 e. The summed E-state index contributed by atoms with van der Waals surface area (Å²) in [6.07, 6.45) is 3.06. The first-order chi connectivity index (χ1) is 8.67. The number of ether oxygens (including phenoxy) is 2. The summed E-state index contributed by atoms with van der Waals surface area (Å²) in [5, 5.41) is 0. The van der Waals surface area contributed by atoms with Gasteiger partial charge in [0.15, 0.2) is 0 Å². The van der Waals surface area contributed by atoms with Crippen LogP contribution < -0.4 is 10.5 Å². The Hall–Kier alpha value is -1.71. The highest BCUT2D eigenvalue weighted by atomic mass is 16.5. The van der Waals surface area contributed by atoms with E-state index in [1.54, 1.807) is 18.2 Å². The minimum absolute atomic E-state index is 0.348. The van der Waals surface area contributed by atoms with E-state index in [2.05, 4.69) is 6.92 Å². The Bertz CT molecular complexity index is 391. The van der Waals surface area contributed by atoms with Gasteiger partial charge in [-0.15, -0.1) is 0 Å². The Labute approximate surface area is 108 Å². The monoisotopic (exact) mass is 251 g/mol. The van der Waals surface area contributed by atoms with Gasteiger partial charge in [-0.2, -0.15) is 0 Å². The smallest absolute Gasteiger partial charge is 0.338 e. The number of esters is 1. The standard InChI is InChI=1S/C14H21NO3/c1-3-5-6-7-18-14(16)11-8-12(15)10-13(9-11)17-4-2/h8-10H,3-7,15H2,1-2H3. The molecule has 0 saturated heterocycles. The van der Waals surface area contributed by atoms with Crippen LogP contribution in [0, 0.1) is 0 Å². The topological polar surface area (TPSA) is 61.5 Å². The van der Waals surface area contributed by atoms with Crippen LogP contribution in [0.1, 0.15) is 43.5 Å². The number of carbonyl (C=O) groups excluding carboxylic acids is 1. The van der Waals surface area contributed by atoms with E-state index in [0.717, 1.165) is 19.3 Å². The molecule has 0 heterocycles. The molecule has 0 bridgehead atoms. The van der Waals surface area contributed by atoms with Gasteiger partial charge in [-0.05, 0) is 25.5 Å². The van der Waals surface area contributed by atoms with Crippen LogP contribution in [0.15, 0.2) is 18.2 Å². The molecule has 0 aliphatic heterocycles. The van der Waals surface area contributed by atoms with Crippen LogP contribution in [0.5, 0.6) is 5.75 Å². The summed E-state index contributed by atoms with van der Waals surface area (Å²) >= 11 is 0. The average molecular weight is 251 g/mol. The fourth-order valence-corrected chi connectivity index (χ4v) is 1.59. The molecule has 0 aromatic heterocycles. The molecule has 0 amide bonds. The summed E-state index contributed by atoms with van der Waals surface area (Å²) in [7, 11) is 0. The van der Waals surface area contributed by atoms with Crippen molar-refractivity contribution in [3.05, 3.63) is 23.8 Å². The van der Waals surface area contributed by atoms with Gasteiger partial charge in [0.2, 0.25) is 0 Å². The maximum absolute atomic E-state index is 11.8. The van der Waals surface area contributed by atoms with Crippen molar-refractivity contribution in [2.45, 2.75) is 33.1 Å². The van der Waals surface area contributed by atoms with Gasteiger partial charge in [-0.1, -0.05) is 19.8 Å². The van der Waals surface area contributed by atoms with E-state index in [-0.39, 0.29) is 5.97 Å². The number of benzene rings is 1. The fourth-order valence-electron chi connectivity index (χ4n) is 1.59. The van der Waals surface area contributed by atoms with Crippen molar-refractivity contribution in [1.29, 1.82) is 0 Å². The molecule has 100 valence electrons. The molecule has 18 heavy (non-hydrogen) atoms. The lowest BCUT2D eigenvalue weighted by atomic mass is 10.2. The van der Waals surface area contributed by atoms with Crippen LogP contribution in [-0.2, 0) is 4.74 Å². The molecular formula is C14H21NO3. The number of hydrogen-bond acceptors (Lipinski definition) is 4. The molecule has 0 atom stereocenters. The largest absolute Gasteiger partial charge is 0.494 e. The third kappa shape index (κ3) is 4.65. The van der Waals surface area contributed by atoms with Gasteiger partial charge in [0.25, 0.3) is 0 Å². The Kier molecular flexibility index (Phi) is 6.05. The quantitative estimate of drug-likeness (QED) is 0.459. The Morgan fingerprint density at radius 3 is 2.67 bits per heavy atom. The van der Waals surface area contributed by atoms with E-state index < -0.39 is 0 Å². The minimum atomic E-state index is -0.348. The first-order valence-corrected chi connectivity index (χ1v) is 6.37. The molecule has 0 spiro atoms. The van der Waals surface area contributed by atoms with Crippen LogP contribution in [0.25, 0.3) is 0 Å².